The summed E-state index contributed by atoms with van der Waals surface area (Å²) in [5.41, 5.74) is -0.785. The molecule has 1 aliphatic heterocycles. The maximum absolute atomic E-state index is 12.1. The fourth-order valence-corrected chi connectivity index (χ4v) is 1.99. The van der Waals surface area contributed by atoms with Crippen LogP contribution < -0.4 is 0 Å². The molecule has 0 bridgehead atoms. The van der Waals surface area contributed by atoms with E-state index in [4.69, 9.17) is 14.9 Å². The van der Waals surface area contributed by atoms with E-state index in [0.717, 1.165) is 5.01 Å². The highest BCUT2D eigenvalue weighted by atomic mass is 16.6. The van der Waals surface area contributed by atoms with Crippen LogP contribution in [0.1, 0.15) is 33.6 Å². The van der Waals surface area contributed by atoms with E-state index in [1.165, 1.54) is 5.01 Å². The zero-order valence-electron chi connectivity index (χ0n) is 11.8. The molecule has 8 nitrogen and oxygen atoms in total. The third kappa shape index (κ3) is 4.37. The lowest BCUT2D eigenvalue weighted by molar-refractivity contribution is -0.155. The molecule has 2 N–H and O–H groups in total. The molecule has 1 amide bonds. The number of nitrogens with zero attached hydrogens (tertiary/aromatic N) is 2. The maximum atomic E-state index is 12.1. The van der Waals surface area contributed by atoms with Crippen molar-refractivity contribution in [2.75, 3.05) is 13.1 Å². The molecule has 1 atom stereocenters. The van der Waals surface area contributed by atoms with E-state index in [1.54, 1.807) is 20.8 Å². The molecule has 1 saturated heterocycles. The Labute approximate surface area is 116 Å². The van der Waals surface area contributed by atoms with Gasteiger partial charge < -0.3 is 14.9 Å². The lowest BCUT2D eigenvalue weighted by atomic mass is 10.2. The molecule has 1 aliphatic rings. The first-order chi connectivity index (χ1) is 9.11. The first kappa shape index (κ1) is 16.2. The van der Waals surface area contributed by atoms with Crippen molar-refractivity contribution in [1.82, 2.24) is 10.0 Å². The van der Waals surface area contributed by atoms with Crippen LogP contribution in [0.2, 0.25) is 0 Å². The van der Waals surface area contributed by atoms with Crippen molar-refractivity contribution >= 4 is 18.0 Å². The van der Waals surface area contributed by atoms with Gasteiger partial charge in [-0.25, -0.2) is 14.8 Å². The molecule has 0 unspecified atom stereocenters. The average Bonchev–Trinajstić information content (AvgIpc) is 2.71. The number of carboxylic acid groups (broad SMARTS) is 2. The Kier molecular flexibility index (Phi) is 4.93. The molecule has 114 valence electrons. The zero-order valence-corrected chi connectivity index (χ0v) is 11.8. The van der Waals surface area contributed by atoms with Crippen LogP contribution in [0.3, 0.4) is 0 Å². The van der Waals surface area contributed by atoms with Gasteiger partial charge in [0, 0.05) is 6.54 Å². The molecule has 0 radical (unpaired) electrons. The Balaban J connectivity index is 2.91. The van der Waals surface area contributed by atoms with Gasteiger partial charge >= 0.3 is 18.0 Å². The zero-order chi connectivity index (χ0) is 15.5. The van der Waals surface area contributed by atoms with Gasteiger partial charge in [0.2, 0.25) is 0 Å². The molecular weight excluding hydrogens is 268 g/mol. The predicted octanol–water partition coefficient (Wildman–Crippen LogP) is 0.772. The minimum atomic E-state index is -1.23. The monoisotopic (exact) mass is 288 g/mol. The lowest BCUT2D eigenvalue weighted by Gasteiger charge is -2.34. The number of carbonyl (C=O) groups is 3. The summed E-state index contributed by atoms with van der Waals surface area (Å²) in [6.45, 7) is 4.65. The molecule has 0 aromatic heterocycles. The van der Waals surface area contributed by atoms with Gasteiger partial charge in [-0.1, -0.05) is 0 Å². The van der Waals surface area contributed by atoms with Crippen molar-refractivity contribution in [2.24, 2.45) is 0 Å². The molecule has 0 aromatic carbocycles. The van der Waals surface area contributed by atoms with E-state index >= 15 is 0 Å². The molecule has 0 aliphatic carbocycles. The Morgan fingerprint density at radius 3 is 2.35 bits per heavy atom. The molecule has 1 rings (SSSR count). The van der Waals surface area contributed by atoms with Crippen molar-refractivity contribution in [3.63, 3.8) is 0 Å². The Morgan fingerprint density at radius 2 is 1.90 bits per heavy atom. The third-order valence-electron chi connectivity index (χ3n) is 2.71. The molecule has 0 spiro atoms. The van der Waals surface area contributed by atoms with Gasteiger partial charge in [-0.05, 0) is 33.6 Å². The number of hydrogen-bond acceptors (Lipinski definition) is 5. The summed E-state index contributed by atoms with van der Waals surface area (Å²) in [6, 6.07) is -0.901. The lowest BCUT2D eigenvalue weighted by Crippen LogP contribution is -2.54. The number of ether oxygens (including phenoxy) is 1. The Hall–Kier alpha value is -1.83. The largest absolute Gasteiger partial charge is 0.480 e. The SMILES string of the molecule is CC(C)(C)OC(=O)N(CC(=O)O)N1CCC[C@H]1C(=O)O. The summed E-state index contributed by atoms with van der Waals surface area (Å²) >= 11 is 0. The summed E-state index contributed by atoms with van der Waals surface area (Å²) in [4.78, 5) is 34.1. The number of aliphatic carboxylic acids is 2. The Morgan fingerprint density at radius 1 is 1.30 bits per heavy atom. The van der Waals surface area contributed by atoms with Crippen LogP contribution in [-0.4, -0.2) is 63.0 Å². The Bertz CT molecular complexity index is 403. The molecule has 1 fully saturated rings. The van der Waals surface area contributed by atoms with Crippen LogP contribution in [0.15, 0.2) is 0 Å². The fourth-order valence-electron chi connectivity index (χ4n) is 1.99. The molecule has 0 aromatic rings. The number of carboxylic acids is 2. The van der Waals surface area contributed by atoms with Crippen LogP contribution in [0, 0.1) is 0 Å². The van der Waals surface area contributed by atoms with Gasteiger partial charge in [0.1, 0.15) is 18.2 Å². The maximum Gasteiger partial charge on any atom is 0.425 e. The number of rotatable bonds is 4. The van der Waals surface area contributed by atoms with Crippen LogP contribution >= 0.6 is 0 Å². The van der Waals surface area contributed by atoms with Crippen LogP contribution in [0.25, 0.3) is 0 Å². The third-order valence-corrected chi connectivity index (χ3v) is 2.71. The van der Waals surface area contributed by atoms with Crippen LogP contribution in [0.5, 0.6) is 0 Å². The molecule has 20 heavy (non-hydrogen) atoms. The topological polar surface area (TPSA) is 107 Å². The molecule has 0 saturated carbocycles. The van der Waals surface area contributed by atoms with E-state index in [9.17, 15) is 14.4 Å². The number of hydrazine groups is 1. The number of amides is 1. The molecule has 8 heteroatoms. The first-order valence-corrected chi connectivity index (χ1v) is 6.33. The van der Waals surface area contributed by atoms with Crippen molar-refractivity contribution in [3.05, 3.63) is 0 Å². The van der Waals surface area contributed by atoms with E-state index in [0.29, 0.717) is 19.4 Å². The van der Waals surface area contributed by atoms with Gasteiger partial charge in [0.15, 0.2) is 0 Å². The van der Waals surface area contributed by atoms with Crippen molar-refractivity contribution in [2.45, 2.75) is 45.3 Å². The van der Waals surface area contributed by atoms with E-state index in [1.807, 2.05) is 0 Å². The summed E-state index contributed by atoms with van der Waals surface area (Å²) in [5, 5.41) is 20.1. The fraction of sp³-hybridized carbons (Fsp3) is 0.750. The van der Waals surface area contributed by atoms with Gasteiger partial charge in [-0.3, -0.25) is 9.59 Å². The van der Waals surface area contributed by atoms with E-state index in [-0.39, 0.29) is 0 Å². The van der Waals surface area contributed by atoms with E-state index in [2.05, 4.69) is 0 Å². The highest BCUT2D eigenvalue weighted by Gasteiger charge is 2.39. The predicted molar refractivity (Wildman–Crippen MR) is 67.9 cm³/mol. The highest BCUT2D eigenvalue weighted by Crippen LogP contribution is 2.21. The van der Waals surface area contributed by atoms with Crippen molar-refractivity contribution < 1.29 is 29.3 Å². The normalized spacial score (nSPS) is 19.6. The second-order valence-electron chi connectivity index (χ2n) is 5.59. The number of hydrogen-bond donors (Lipinski definition) is 2. The molecule has 1 heterocycles. The van der Waals surface area contributed by atoms with Crippen molar-refractivity contribution in [3.8, 4) is 0 Å². The summed E-state index contributed by atoms with van der Waals surface area (Å²) in [5.74, 6) is -2.31. The second kappa shape index (κ2) is 6.08. The van der Waals surface area contributed by atoms with Gasteiger partial charge in [-0.2, -0.15) is 0 Å². The minimum Gasteiger partial charge on any atom is -0.480 e. The van der Waals surface area contributed by atoms with Gasteiger partial charge in [0.05, 0.1) is 0 Å². The smallest absolute Gasteiger partial charge is 0.425 e. The minimum absolute atomic E-state index is 0.309. The summed E-state index contributed by atoms with van der Waals surface area (Å²) in [6.07, 6.45) is 0.0949. The second-order valence-corrected chi connectivity index (χ2v) is 5.59. The first-order valence-electron chi connectivity index (χ1n) is 6.33. The van der Waals surface area contributed by atoms with Crippen LogP contribution in [-0.2, 0) is 14.3 Å². The molecular formula is C12H20N2O6. The summed E-state index contributed by atoms with van der Waals surface area (Å²) in [7, 11) is 0. The quantitative estimate of drug-likeness (QED) is 0.786. The number of carbonyl (C=O) groups excluding carboxylic acids is 1. The average molecular weight is 288 g/mol. The van der Waals surface area contributed by atoms with Crippen LogP contribution in [0.4, 0.5) is 4.79 Å². The highest BCUT2D eigenvalue weighted by molar-refractivity contribution is 5.78. The van der Waals surface area contributed by atoms with Gasteiger partial charge in [0.25, 0.3) is 0 Å². The van der Waals surface area contributed by atoms with Gasteiger partial charge in [-0.15, -0.1) is 0 Å². The van der Waals surface area contributed by atoms with E-state index < -0.39 is 36.2 Å². The standard InChI is InChI=1S/C12H20N2O6/c1-12(2,3)20-11(19)14(7-9(15)16)13-6-4-5-8(13)10(17)18/h8H,4-7H2,1-3H3,(H,15,16)(H,17,18)/t8-/m0/s1. The summed E-state index contributed by atoms with van der Waals surface area (Å²) < 4.78 is 5.13. The van der Waals surface area contributed by atoms with Crippen molar-refractivity contribution in [1.29, 1.82) is 0 Å².